The summed E-state index contributed by atoms with van der Waals surface area (Å²) in [5, 5.41) is 7.56. The summed E-state index contributed by atoms with van der Waals surface area (Å²) in [7, 11) is 1.96. The van der Waals surface area contributed by atoms with E-state index in [9.17, 15) is 0 Å². The van der Waals surface area contributed by atoms with Crippen molar-refractivity contribution in [1.29, 1.82) is 0 Å². The van der Waals surface area contributed by atoms with Crippen LogP contribution in [0, 0.1) is 13.8 Å². The van der Waals surface area contributed by atoms with Crippen LogP contribution in [-0.4, -0.2) is 27.9 Å². The molecule has 1 aromatic rings. The lowest BCUT2D eigenvalue weighted by molar-refractivity contribution is 0.376. The molecule has 1 rings (SSSR count). The van der Waals surface area contributed by atoms with Crippen LogP contribution in [0.3, 0.4) is 0 Å². The zero-order valence-corrected chi connectivity index (χ0v) is 9.00. The minimum atomic E-state index is 0.339. The van der Waals surface area contributed by atoms with Crippen LogP contribution in [-0.2, 0) is 0 Å². The Bertz CT molecular complexity index is 279. The molecule has 0 radical (unpaired) electrons. The molecule has 0 amide bonds. The van der Waals surface area contributed by atoms with Gasteiger partial charge < -0.3 is 5.32 Å². The molecular formula is C9H18N4. The number of likely N-dealkylation sites (N-methyl/N-ethyl adjacent to an activating group) is 1. The first-order valence-electron chi connectivity index (χ1n) is 4.63. The average Bonchev–Trinajstić information content (AvgIpc) is 2.42. The molecule has 0 bridgehead atoms. The Kier molecular flexibility index (Phi) is 3.03. The van der Waals surface area contributed by atoms with Crippen LogP contribution in [0.5, 0.6) is 0 Å². The van der Waals surface area contributed by atoms with Gasteiger partial charge in [0.15, 0.2) is 0 Å². The van der Waals surface area contributed by atoms with E-state index in [0.29, 0.717) is 12.1 Å². The third-order valence-electron chi connectivity index (χ3n) is 2.47. The molecule has 4 heteroatoms. The largest absolute Gasteiger partial charge is 0.315 e. The molecule has 2 unspecified atom stereocenters. The molecule has 4 nitrogen and oxygen atoms in total. The highest BCUT2D eigenvalue weighted by molar-refractivity contribution is 4.91. The molecule has 0 saturated carbocycles. The lowest BCUT2D eigenvalue weighted by Crippen LogP contribution is -2.31. The minimum absolute atomic E-state index is 0.339. The van der Waals surface area contributed by atoms with Gasteiger partial charge in [0.05, 0.1) is 6.04 Å². The van der Waals surface area contributed by atoms with Crippen LogP contribution in [0.1, 0.15) is 31.5 Å². The summed E-state index contributed by atoms with van der Waals surface area (Å²) in [6, 6.07) is 0.742. The highest BCUT2D eigenvalue weighted by Gasteiger charge is 2.15. The molecule has 0 fully saturated rings. The van der Waals surface area contributed by atoms with E-state index < -0.39 is 0 Å². The highest BCUT2D eigenvalue weighted by Crippen LogP contribution is 2.11. The minimum Gasteiger partial charge on any atom is -0.315 e. The molecule has 1 N–H and O–H groups in total. The molecular weight excluding hydrogens is 164 g/mol. The third kappa shape index (κ3) is 2.06. The Morgan fingerprint density at radius 1 is 1.31 bits per heavy atom. The number of hydrogen-bond donors (Lipinski definition) is 1. The van der Waals surface area contributed by atoms with Crippen LogP contribution < -0.4 is 5.32 Å². The standard InChI is InChI=1S/C9H18N4/c1-6(10-5)7(2)13-9(4)11-8(3)12-13/h6-7,10H,1-5H3. The SMILES string of the molecule is CNC(C)C(C)n1nc(C)nc1C. The molecule has 0 aliphatic heterocycles. The summed E-state index contributed by atoms with van der Waals surface area (Å²) < 4.78 is 1.97. The van der Waals surface area contributed by atoms with Crippen molar-refractivity contribution in [2.24, 2.45) is 0 Å². The summed E-state index contributed by atoms with van der Waals surface area (Å²) in [6.45, 7) is 8.18. The van der Waals surface area contributed by atoms with Crippen molar-refractivity contribution < 1.29 is 0 Å². The van der Waals surface area contributed by atoms with Gasteiger partial charge in [0.2, 0.25) is 0 Å². The molecule has 74 valence electrons. The van der Waals surface area contributed by atoms with Crippen molar-refractivity contribution in [3.05, 3.63) is 11.6 Å². The van der Waals surface area contributed by atoms with Crippen molar-refractivity contribution in [3.63, 3.8) is 0 Å². The highest BCUT2D eigenvalue weighted by atomic mass is 15.4. The van der Waals surface area contributed by atoms with E-state index in [1.165, 1.54) is 0 Å². The summed E-state index contributed by atoms with van der Waals surface area (Å²) in [6.07, 6.45) is 0. The summed E-state index contributed by atoms with van der Waals surface area (Å²) in [5.41, 5.74) is 0. The first kappa shape index (κ1) is 10.2. The Hall–Kier alpha value is -0.900. The maximum atomic E-state index is 4.34. The monoisotopic (exact) mass is 182 g/mol. The molecule has 0 saturated heterocycles. The normalized spacial score (nSPS) is 15.8. The first-order valence-corrected chi connectivity index (χ1v) is 4.63. The second kappa shape index (κ2) is 3.87. The van der Waals surface area contributed by atoms with E-state index in [4.69, 9.17) is 0 Å². The molecule has 1 heterocycles. The number of nitrogens with zero attached hydrogens (tertiary/aromatic N) is 3. The lowest BCUT2D eigenvalue weighted by Gasteiger charge is -2.20. The third-order valence-corrected chi connectivity index (χ3v) is 2.47. The molecule has 0 aromatic carbocycles. The molecule has 13 heavy (non-hydrogen) atoms. The Morgan fingerprint density at radius 2 is 1.92 bits per heavy atom. The van der Waals surface area contributed by atoms with E-state index >= 15 is 0 Å². The number of aryl methyl sites for hydroxylation is 2. The summed E-state index contributed by atoms with van der Waals surface area (Å²) in [4.78, 5) is 4.27. The Labute approximate surface area is 79.4 Å². The van der Waals surface area contributed by atoms with Gasteiger partial charge in [-0.2, -0.15) is 5.10 Å². The smallest absolute Gasteiger partial charge is 0.147 e. The van der Waals surface area contributed by atoms with Crippen LogP contribution in [0.2, 0.25) is 0 Å². The fourth-order valence-electron chi connectivity index (χ4n) is 1.37. The van der Waals surface area contributed by atoms with Crippen LogP contribution in [0.15, 0.2) is 0 Å². The van der Waals surface area contributed by atoms with Crippen LogP contribution in [0.25, 0.3) is 0 Å². The van der Waals surface area contributed by atoms with Gasteiger partial charge in [-0.1, -0.05) is 0 Å². The lowest BCUT2D eigenvalue weighted by atomic mass is 10.2. The molecule has 0 spiro atoms. The predicted molar refractivity (Wildman–Crippen MR) is 52.7 cm³/mol. The fourth-order valence-corrected chi connectivity index (χ4v) is 1.37. The first-order chi connectivity index (χ1) is 6.06. The summed E-state index contributed by atoms with van der Waals surface area (Å²) in [5.74, 6) is 1.82. The van der Waals surface area contributed by atoms with Gasteiger partial charge in [-0.25, -0.2) is 9.67 Å². The maximum Gasteiger partial charge on any atom is 0.147 e. The van der Waals surface area contributed by atoms with E-state index in [-0.39, 0.29) is 0 Å². The van der Waals surface area contributed by atoms with Crippen LogP contribution >= 0.6 is 0 Å². The second-order valence-corrected chi connectivity index (χ2v) is 3.47. The van der Waals surface area contributed by atoms with Crippen molar-refractivity contribution in [1.82, 2.24) is 20.1 Å². The predicted octanol–water partition coefficient (Wildman–Crippen LogP) is 1.06. The van der Waals surface area contributed by atoms with Gasteiger partial charge in [-0.15, -0.1) is 0 Å². The van der Waals surface area contributed by atoms with Crippen molar-refractivity contribution in [2.75, 3.05) is 7.05 Å². The van der Waals surface area contributed by atoms with Gasteiger partial charge >= 0.3 is 0 Å². The van der Waals surface area contributed by atoms with Gasteiger partial charge in [0, 0.05) is 6.04 Å². The maximum absolute atomic E-state index is 4.34. The van der Waals surface area contributed by atoms with E-state index in [2.05, 4.69) is 29.2 Å². The molecule has 2 atom stereocenters. The van der Waals surface area contributed by atoms with Gasteiger partial charge in [-0.3, -0.25) is 0 Å². The topological polar surface area (TPSA) is 42.7 Å². The van der Waals surface area contributed by atoms with E-state index in [1.807, 2.05) is 25.6 Å². The second-order valence-electron chi connectivity index (χ2n) is 3.47. The van der Waals surface area contributed by atoms with E-state index in [1.54, 1.807) is 0 Å². The molecule has 0 aliphatic rings. The average molecular weight is 182 g/mol. The summed E-state index contributed by atoms with van der Waals surface area (Å²) >= 11 is 0. The number of aromatic nitrogens is 3. The van der Waals surface area contributed by atoms with Crippen molar-refractivity contribution in [3.8, 4) is 0 Å². The quantitative estimate of drug-likeness (QED) is 0.760. The van der Waals surface area contributed by atoms with Gasteiger partial charge in [0.1, 0.15) is 11.6 Å². The van der Waals surface area contributed by atoms with Gasteiger partial charge in [0.25, 0.3) is 0 Å². The zero-order valence-electron chi connectivity index (χ0n) is 9.00. The molecule has 0 aliphatic carbocycles. The number of nitrogens with one attached hydrogen (secondary N) is 1. The van der Waals surface area contributed by atoms with E-state index in [0.717, 1.165) is 11.6 Å². The number of rotatable bonds is 3. The fraction of sp³-hybridized carbons (Fsp3) is 0.778. The van der Waals surface area contributed by atoms with Crippen LogP contribution in [0.4, 0.5) is 0 Å². The number of hydrogen-bond acceptors (Lipinski definition) is 3. The molecule has 1 aromatic heterocycles. The van der Waals surface area contributed by atoms with Crippen molar-refractivity contribution in [2.45, 2.75) is 39.8 Å². The van der Waals surface area contributed by atoms with Gasteiger partial charge in [-0.05, 0) is 34.7 Å². The van der Waals surface area contributed by atoms with Crippen molar-refractivity contribution >= 4 is 0 Å². The Morgan fingerprint density at radius 3 is 2.31 bits per heavy atom. The Balaban J connectivity index is 2.87. The zero-order chi connectivity index (χ0) is 10.0.